The predicted molar refractivity (Wildman–Crippen MR) is 93.5 cm³/mol. The third-order valence-corrected chi connectivity index (χ3v) is 4.88. The highest BCUT2D eigenvalue weighted by molar-refractivity contribution is 5.75. The lowest BCUT2D eigenvalue weighted by atomic mass is 9.83. The number of nitrogens with zero attached hydrogens (tertiary/aromatic N) is 1. The maximum atomic E-state index is 13.6. The Kier molecular flexibility index (Phi) is 4.99. The highest BCUT2D eigenvalue weighted by Gasteiger charge is 2.40. The molecule has 0 aromatic heterocycles. The van der Waals surface area contributed by atoms with Gasteiger partial charge in [0.25, 0.3) is 0 Å². The highest BCUT2D eigenvalue weighted by atomic mass is 19.4. The Morgan fingerprint density at radius 1 is 1.19 bits per heavy atom. The number of benzene rings is 1. The average molecular weight is 385 g/mol. The largest absolute Gasteiger partial charge is 0.444 e. The first kappa shape index (κ1) is 19.7. The number of halogens is 4. The molecule has 0 aliphatic carbocycles. The van der Waals surface area contributed by atoms with Crippen LogP contribution in [0.25, 0.3) is 5.57 Å². The van der Waals surface area contributed by atoms with Gasteiger partial charge in [-0.2, -0.15) is 13.2 Å². The van der Waals surface area contributed by atoms with Gasteiger partial charge >= 0.3 is 12.3 Å². The summed E-state index contributed by atoms with van der Waals surface area (Å²) in [5.74, 6) is -1.28. The van der Waals surface area contributed by atoms with Crippen LogP contribution in [0.5, 0.6) is 0 Å². The third-order valence-electron chi connectivity index (χ3n) is 4.88. The fourth-order valence-electron chi connectivity index (χ4n) is 3.79. The summed E-state index contributed by atoms with van der Waals surface area (Å²) in [6, 6.07) is 2.74. The van der Waals surface area contributed by atoms with Gasteiger partial charge in [-0.05, 0) is 69.7 Å². The number of carbonyl (C=O) groups excluding carboxylic acids is 1. The van der Waals surface area contributed by atoms with Crippen LogP contribution in [0.15, 0.2) is 24.3 Å². The van der Waals surface area contributed by atoms with Crippen molar-refractivity contribution in [2.75, 3.05) is 0 Å². The molecule has 2 unspecified atom stereocenters. The zero-order valence-corrected chi connectivity index (χ0v) is 15.6. The van der Waals surface area contributed by atoms with E-state index in [1.807, 2.05) is 6.08 Å². The quantitative estimate of drug-likeness (QED) is 0.573. The van der Waals surface area contributed by atoms with Gasteiger partial charge in [0.05, 0.1) is 11.6 Å². The number of fused-ring (bicyclic) bond motifs is 2. The molecule has 1 saturated heterocycles. The molecule has 0 N–H and O–H groups in total. The molecule has 0 radical (unpaired) electrons. The molecule has 27 heavy (non-hydrogen) atoms. The van der Waals surface area contributed by atoms with Crippen LogP contribution in [0.2, 0.25) is 0 Å². The van der Waals surface area contributed by atoms with E-state index < -0.39 is 29.3 Å². The summed E-state index contributed by atoms with van der Waals surface area (Å²) in [6.45, 7) is 5.38. The Morgan fingerprint density at radius 2 is 1.89 bits per heavy atom. The lowest BCUT2D eigenvalue weighted by Gasteiger charge is -2.45. The topological polar surface area (TPSA) is 29.5 Å². The third kappa shape index (κ3) is 4.28. The Bertz CT molecular complexity index is 764. The summed E-state index contributed by atoms with van der Waals surface area (Å²) < 4.78 is 58.1. The summed E-state index contributed by atoms with van der Waals surface area (Å²) in [5, 5.41) is 0. The molecule has 148 valence electrons. The first-order valence-corrected chi connectivity index (χ1v) is 9.05. The molecule has 0 saturated carbocycles. The van der Waals surface area contributed by atoms with Crippen LogP contribution < -0.4 is 0 Å². The molecule has 3 rings (SSSR count). The van der Waals surface area contributed by atoms with E-state index in [2.05, 4.69) is 0 Å². The Balaban J connectivity index is 1.91. The summed E-state index contributed by atoms with van der Waals surface area (Å²) >= 11 is 0. The number of hydrogen-bond donors (Lipinski definition) is 0. The average Bonchev–Trinajstić information content (AvgIpc) is 2.51. The minimum Gasteiger partial charge on any atom is -0.444 e. The lowest BCUT2D eigenvalue weighted by Crippen LogP contribution is -2.53. The SMILES string of the molecule is CC(C)(C)OC(=O)N1C2C=C(c3ccc(F)c(C(F)(F)F)c3)CC1CCC2. The van der Waals surface area contributed by atoms with E-state index in [1.54, 1.807) is 25.7 Å². The number of hydrogen-bond acceptors (Lipinski definition) is 2. The van der Waals surface area contributed by atoms with Gasteiger partial charge in [0.15, 0.2) is 0 Å². The van der Waals surface area contributed by atoms with Crippen molar-refractivity contribution < 1.29 is 27.1 Å². The first-order chi connectivity index (χ1) is 12.5. The van der Waals surface area contributed by atoms with Crippen molar-refractivity contribution in [3.05, 3.63) is 41.2 Å². The fourth-order valence-corrected chi connectivity index (χ4v) is 3.79. The van der Waals surface area contributed by atoms with Crippen LogP contribution in [0.1, 0.15) is 57.6 Å². The van der Waals surface area contributed by atoms with Gasteiger partial charge in [-0.3, -0.25) is 4.90 Å². The van der Waals surface area contributed by atoms with Crippen molar-refractivity contribution in [3.8, 4) is 0 Å². The van der Waals surface area contributed by atoms with Crippen LogP contribution >= 0.6 is 0 Å². The van der Waals surface area contributed by atoms with Crippen LogP contribution in [0.4, 0.5) is 22.4 Å². The van der Waals surface area contributed by atoms with Crippen LogP contribution in [-0.2, 0) is 10.9 Å². The van der Waals surface area contributed by atoms with E-state index in [1.165, 1.54) is 6.07 Å². The van der Waals surface area contributed by atoms with Gasteiger partial charge in [-0.1, -0.05) is 12.1 Å². The molecular weight excluding hydrogens is 362 g/mol. The molecule has 1 fully saturated rings. The molecule has 0 spiro atoms. The highest BCUT2D eigenvalue weighted by Crippen LogP contribution is 2.40. The fraction of sp³-hybridized carbons (Fsp3) is 0.550. The summed E-state index contributed by atoms with van der Waals surface area (Å²) in [4.78, 5) is 14.3. The summed E-state index contributed by atoms with van der Waals surface area (Å²) in [5.41, 5.74) is -0.811. The molecule has 1 aromatic carbocycles. The van der Waals surface area contributed by atoms with E-state index in [0.717, 1.165) is 37.0 Å². The second-order valence-electron chi connectivity index (χ2n) is 8.13. The van der Waals surface area contributed by atoms with E-state index in [9.17, 15) is 22.4 Å². The van der Waals surface area contributed by atoms with Crippen molar-refractivity contribution in [2.45, 2.75) is 70.3 Å². The summed E-state index contributed by atoms with van der Waals surface area (Å²) in [6.07, 6.45) is -0.454. The molecule has 7 heteroatoms. The van der Waals surface area contributed by atoms with Gasteiger partial charge in [0, 0.05) is 6.04 Å². The van der Waals surface area contributed by atoms with Crippen LogP contribution in [0, 0.1) is 5.82 Å². The zero-order chi connectivity index (χ0) is 20.0. The number of piperidine rings is 1. The van der Waals surface area contributed by atoms with Crippen molar-refractivity contribution >= 4 is 11.7 Å². The number of amides is 1. The maximum absolute atomic E-state index is 13.6. The molecule has 1 amide bonds. The normalized spacial score (nSPS) is 23.1. The van der Waals surface area contributed by atoms with Crippen LogP contribution in [0.3, 0.4) is 0 Å². The standard InChI is InChI=1S/C20H23F4NO2/c1-19(2,3)27-18(26)25-14-5-4-6-15(25)10-13(9-14)12-7-8-17(21)16(11-12)20(22,23)24/h7-9,11,14-15H,4-6,10H2,1-3H3. The Morgan fingerprint density at radius 3 is 2.48 bits per heavy atom. The Hall–Kier alpha value is -2.05. The van der Waals surface area contributed by atoms with Crippen molar-refractivity contribution in [1.82, 2.24) is 4.90 Å². The minimum absolute atomic E-state index is 0.127. The molecule has 1 aromatic rings. The minimum atomic E-state index is -4.74. The van der Waals surface area contributed by atoms with Gasteiger partial charge in [-0.25, -0.2) is 9.18 Å². The molecule has 2 heterocycles. The maximum Gasteiger partial charge on any atom is 0.419 e. The second-order valence-corrected chi connectivity index (χ2v) is 8.13. The van der Waals surface area contributed by atoms with Crippen molar-refractivity contribution in [1.29, 1.82) is 0 Å². The number of carbonyl (C=O) groups is 1. The number of rotatable bonds is 1. The van der Waals surface area contributed by atoms with Gasteiger partial charge in [0.2, 0.25) is 0 Å². The molecular formula is C20H23F4NO2. The van der Waals surface area contributed by atoms with Crippen LogP contribution in [-0.4, -0.2) is 28.7 Å². The number of alkyl halides is 3. The van der Waals surface area contributed by atoms with Gasteiger partial charge in [-0.15, -0.1) is 0 Å². The van der Waals surface area contributed by atoms with E-state index >= 15 is 0 Å². The first-order valence-electron chi connectivity index (χ1n) is 9.05. The van der Waals surface area contributed by atoms with E-state index in [4.69, 9.17) is 4.74 Å². The smallest absolute Gasteiger partial charge is 0.419 e. The molecule has 2 aliphatic heterocycles. The predicted octanol–water partition coefficient (Wildman–Crippen LogP) is 5.79. The molecule has 3 nitrogen and oxygen atoms in total. The van der Waals surface area contributed by atoms with E-state index in [0.29, 0.717) is 12.0 Å². The van der Waals surface area contributed by atoms with Gasteiger partial charge < -0.3 is 4.74 Å². The molecule has 2 atom stereocenters. The van der Waals surface area contributed by atoms with Gasteiger partial charge in [0.1, 0.15) is 11.4 Å². The monoisotopic (exact) mass is 385 g/mol. The Labute approximate surface area is 156 Å². The molecule has 2 bridgehead atoms. The number of ether oxygens (including phenoxy) is 1. The second kappa shape index (κ2) is 6.84. The molecule has 2 aliphatic rings. The lowest BCUT2D eigenvalue weighted by molar-refractivity contribution is -0.140. The van der Waals surface area contributed by atoms with E-state index in [-0.39, 0.29) is 12.1 Å². The van der Waals surface area contributed by atoms with Crippen molar-refractivity contribution in [2.24, 2.45) is 0 Å². The zero-order valence-electron chi connectivity index (χ0n) is 15.6. The summed E-state index contributed by atoms with van der Waals surface area (Å²) in [7, 11) is 0. The van der Waals surface area contributed by atoms with Crippen molar-refractivity contribution in [3.63, 3.8) is 0 Å².